The summed E-state index contributed by atoms with van der Waals surface area (Å²) in [7, 11) is 0. The molecule has 1 atom stereocenters. The monoisotopic (exact) mass is 384 g/mol. The van der Waals surface area contributed by atoms with Gasteiger partial charge in [-0.3, -0.25) is 9.78 Å². The number of pyridine rings is 2. The summed E-state index contributed by atoms with van der Waals surface area (Å²) in [6.45, 7) is 1.30. The molecule has 7 heteroatoms. The van der Waals surface area contributed by atoms with E-state index < -0.39 is 0 Å². The topological polar surface area (TPSA) is 90.6 Å². The number of carbonyl (C=O) groups is 1. The maximum atomic E-state index is 12.4. The van der Waals surface area contributed by atoms with Crippen LogP contribution in [0.25, 0.3) is 33.3 Å². The lowest BCUT2D eigenvalue weighted by molar-refractivity contribution is -0.131. The van der Waals surface area contributed by atoms with Crippen molar-refractivity contribution in [3.63, 3.8) is 0 Å². The lowest BCUT2D eigenvalue weighted by Gasteiger charge is -2.34. The molecule has 5 heterocycles. The van der Waals surface area contributed by atoms with E-state index in [4.69, 9.17) is 5.26 Å². The van der Waals surface area contributed by atoms with Gasteiger partial charge >= 0.3 is 0 Å². The first-order valence-electron chi connectivity index (χ1n) is 9.79. The molecule has 0 spiro atoms. The average molecular weight is 384 g/mol. The zero-order valence-electron chi connectivity index (χ0n) is 15.9. The van der Waals surface area contributed by atoms with Gasteiger partial charge in [-0.1, -0.05) is 6.07 Å². The first-order valence-corrected chi connectivity index (χ1v) is 9.79. The molecule has 1 fully saturated rings. The van der Waals surface area contributed by atoms with E-state index in [0.29, 0.717) is 13.1 Å². The standard InChI is InChI=1S/C22H20N6O/c23-8-6-20(29)27-11-3-4-16(14-27)28-19(18-5-1-2-9-24-18)12-15-13-26-22-17(21(15)28)7-10-25-22/h1-2,5,7,9-10,12-13,16H,3-4,6,11,14H2,(H,25,26). The summed E-state index contributed by atoms with van der Waals surface area (Å²) in [5, 5.41) is 11.0. The number of nitriles is 1. The van der Waals surface area contributed by atoms with Gasteiger partial charge in [0.05, 0.1) is 29.0 Å². The van der Waals surface area contributed by atoms with Crippen molar-refractivity contribution in [2.24, 2.45) is 0 Å². The molecule has 4 aromatic heterocycles. The van der Waals surface area contributed by atoms with Crippen molar-refractivity contribution in [1.82, 2.24) is 24.4 Å². The molecule has 1 amide bonds. The predicted molar refractivity (Wildman–Crippen MR) is 110 cm³/mol. The van der Waals surface area contributed by atoms with Crippen LogP contribution < -0.4 is 0 Å². The van der Waals surface area contributed by atoms with Gasteiger partial charge < -0.3 is 14.5 Å². The zero-order chi connectivity index (χ0) is 19.8. The van der Waals surface area contributed by atoms with E-state index in [1.807, 2.05) is 47.6 Å². The lowest BCUT2D eigenvalue weighted by Crippen LogP contribution is -2.40. The number of hydrogen-bond acceptors (Lipinski definition) is 4. The first kappa shape index (κ1) is 17.4. The van der Waals surface area contributed by atoms with Crippen LogP contribution in [0.5, 0.6) is 0 Å². The summed E-state index contributed by atoms with van der Waals surface area (Å²) in [5.41, 5.74) is 3.87. The number of likely N-dealkylation sites (tertiary alicyclic amines) is 1. The third-order valence-electron chi connectivity index (χ3n) is 5.65. The van der Waals surface area contributed by atoms with Crippen LogP contribution in [0.4, 0.5) is 0 Å². The number of nitrogens with one attached hydrogen (secondary N) is 1. The van der Waals surface area contributed by atoms with E-state index in [0.717, 1.165) is 46.2 Å². The number of carbonyl (C=O) groups excluding carboxylic acids is 1. The van der Waals surface area contributed by atoms with Gasteiger partial charge in [0.15, 0.2) is 0 Å². The Hall–Kier alpha value is -3.66. The minimum absolute atomic E-state index is 0.0712. The fourth-order valence-corrected chi connectivity index (χ4v) is 4.38. The number of aromatic amines is 1. The maximum Gasteiger partial charge on any atom is 0.236 e. The van der Waals surface area contributed by atoms with E-state index in [2.05, 4.69) is 25.6 Å². The van der Waals surface area contributed by atoms with Gasteiger partial charge in [0, 0.05) is 42.5 Å². The van der Waals surface area contributed by atoms with E-state index in [1.54, 1.807) is 6.20 Å². The van der Waals surface area contributed by atoms with Crippen LogP contribution in [-0.2, 0) is 4.79 Å². The van der Waals surface area contributed by atoms with Gasteiger partial charge in [-0.2, -0.15) is 5.26 Å². The highest BCUT2D eigenvalue weighted by Gasteiger charge is 2.28. The van der Waals surface area contributed by atoms with Crippen LogP contribution in [0.15, 0.2) is 48.9 Å². The van der Waals surface area contributed by atoms with Crippen molar-refractivity contribution in [3.05, 3.63) is 48.9 Å². The third-order valence-corrected chi connectivity index (χ3v) is 5.65. The SMILES string of the molecule is N#CCC(=O)N1CCCC(n2c(-c3ccccn3)cc3cnc4[nH]ccc4c32)C1. The van der Waals surface area contributed by atoms with Crippen molar-refractivity contribution in [2.75, 3.05) is 13.1 Å². The van der Waals surface area contributed by atoms with Crippen molar-refractivity contribution in [2.45, 2.75) is 25.3 Å². The summed E-state index contributed by atoms with van der Waals surface area (Å²) in [6.07, 6.45) is 7.39. The number of fused-ring (bicyclic) bond motifs is 3. The summed E-state index contributed by atoms with van der Waals surface area (Å²) in [5.74, 6) is -0.0958. The number of H-pyrrole nitrogens is 1. The quantitative estimate of drug-likeness (QED) is 0.584. The van der Waals surface area contributed by atoms with Crippen LogP contribution in [0, 0.1) is 11.3 Å². The number of amides is 1. The molecule has 144 valence electrons. The van der Waals surface area contributed by atoms with E-state index in [-0.39, 0.29) is 18.4 Å². The highest BCUT2D eigenvalue weighted by atomic mass is 16.2. The normalized spacial score (nSPS) is 16.9. The number of rotatable bonds is 3. The molecular formula is C22H20N6O. The zero-order valence-corrected chi connectivity index (χ0v) is 15.9. The number of nitrogens with zero attached hydrogens (tertiary/aromatic N) is 5. The number of aromatic nitrogens is 4. The van der Waals surface area contributed by atoms with Gasteiger partial charge in [-0.05, 0) is 37.1 Å². The molecule has 0 aromatic carbocycles. The van der Waals surface area contributed by atoms with Crippen LogP contribution in [0.1, 0.15) is 25.3 Å². The Morgan fingerprint density at radius 3 is 3.07 bits per heavy atom. The smallest absolute Gasteiger partial charge is 0.236 e. The Balaban J connectivity index is 1.69. The Labute approximate surface area is 167 Å². The lowest BCUT2D eigenvalue weighted by atomic mass is 10.0. The van der Waals surface area contributed by atoms with Crippen LogP contribution in [0.3, 0.4) is 0 Å². The molecule has 0 radical (unpaired) electrons. The summed E-state index contributed by atoms with van der Waals surface area (Å²) < 4.78 is 2.32. The fraction of sp³-hybridized carbons (Fsp3) is 0.273. The number of piperidine rings is 1. The second kappa shape index (κ2) is 7.06. The van der Waals surface area contributed by atoms with Crippen LogP contribution in [0.2, 0.25) is 0 Å². The van der Waals surface area contributed by atoms with Crippen LogP contribution >= 0.6 is 0 Å². The highest BCUT2D eigenvalue weighted by molar-refractivity contribution is 6.04. The van der Waals surface area contributed by atoms with E-state index >= 15 is 0 Å². The predicted octanol–water partition coefficient (Wildman–Crippen LogP) is 3.66. The van der Waals surface area contributed by atoms with Crippen molar-refractivity contribution in [1.29, 1.82) is 5.26 Å². The van der Waals surface area contributed by atoms with Gasteiger partial charge in [-0.15, -0.1) is 0 Å². The molecule has 0 saturated carbocycles. The third kappa shape index (κ3) is 2.93. The molecule has 1 unspecified atom stereocenters. The first-order chi connectivity index (χ1) is 14.3. The van der Waals surface area contributed by atoms with E-state index in [9.17, 15) is 4.79 Å². The number of hydrogen-bond donors (Lipinski definition) is 1. The maximum absolute atomic E-state index is 12.4. The molecule has 1 aliphatic rings. The second-order valence-electron chi connectivity index (χ2n) is 7.39. The fourth-order valence-electron chi connectivity index (χ4n) is 4.38. The molecule has 4 aromatic rings. The van der Waals surface area contributed by atoms with Gasteiger partial charge in [-0.25, -0.2) is 4.98 Å². The van der Waals surface area contributed by atoms with Crippen LogP contribution in [-0.4, -0.2) is 43.4 Å². The Kier molecular flexibility index (Phi) is 4.24. The Morgan fingerprint density at radius 2 is 2.24 bits per heavy atom. The Bertz CT molecular complexity index is 1230. The van der Waals surface area contributed by atoms with Gasteiger partial charge in [0.2, 0.25) is 5.91 Å². The molecule has 5 rings (SSSR count). The summed E-state index contributed by atoms with van der Waals surface area (Å²) in [6, 6.07) is 12.2. The highest BCUT2D eigenvalue weighted by Crippen LogP contribution is 2.36. The minimum atomic E-state index is -0.0958. The molecule has 0 bridgehead atoms. The molecule has 1 N–H and O–H groups in total. The van der Waals surface area contributed by atoms with Crippen molar-refractivity contribution < 1.29 is 4.79 Å². The van der Waals surface area contributed by atoms with E-state index in [1.165, 1.54) is 0 Å². The van der Waals surface area contributed by atoms with Gasteiger partial charge in [0.25, 0.3) is 0 Å². The molecule has 0 aliphatic carbocycles. The molecule has 7 nitrogen and oxygen atoms in total. The van der Waals surface area contributed by atoms with Crippen molar-refractivity contribution in [3.8, 4) is 17.5 Å². The molecule has 29 heavy (non-hydrogen) atoms. The van der Waals surface area contributed by atoms with Gasteiger partial charge in [0.1, 0.15) is 12.1 Å². The summed E-state index contributed by atoms with van der Waals surface area (Å²) in [4.78, 5) is 26.5. The average Bonchev–Trinajstić information content (AvgIpc) is 3.39. The molecular weight excluding hydrogens is 364 g/mol. The molecule has 1 saturated heterocycles. The van der Waals surface area contributed by atoms with Crippen molar-refractivity contribution >= 4 is 27.8 Å². The minimum Gasteiger partial charge on any atom is -0.346 e. The largest absolute Gasteiger partial charge is 0.346 e. The second-order valence-corrected chi connectivity index (χ2v) is 7.39. The molecule has 1 aliphatic heterocycles. The Morgan fingerprint density at radius 1 is 1.31 bits per heavy atom. The summed E-state index contributed by atoms with van der Waals surface area (Å²) >= 11 is 0.